The van der Waals surface area contributed by atoms with E-state index in [9.17, 15) is 9.59 Å². The Morgan fingerprint density at radius 3 is 1.67 bits per heavy atom. The van der Waals surface area contributed by atoms with Crippen molar-refractivity contribution in [2.24, 2.45) is 0 Å². The van der Waals surface area contributed by atoms with E-state index in [4.69, 9.17) is 9.15 Å². The summed E-state index contributed by atoms with van der Waals surface area (Å²) in [6.45, 7) is 1.89. The molecule has 5 heteroatoms. The maximum Gasteiger partial charge on any atom is 0.421 e. The molecule has 0 amide bonds. The van der Waals surface area contributed by atoms with Crippen LogP contribution in [0.5, 0.6) is 0 Å². The molecule has 30 heavy (non-hydrogen) atoms. The zero-order valence-corrected chi connectivity index (χ0v) is 16.5. The van der Waals surface area contributed by atoms with E-state index in [2.05, 4.69) is 0 Å². The van der Waals surface area contributed by atoms with E-state index in [1.54, 1.807) is 6.92 Å². The van der Waals surface area contributed by atoms with Crippen LogP contribution in [-0.4, -0.2) is 17.1 Å². The molecule has 0 aliphatic heterocycles. The lowest BCUT2D eigenvalue weighted by atomic mass is 9.77. The SMILES string of the molecule is CCOC(=O)c1cn(C(c2ccccc2)(c2ccccc2)c2ccccc2)c(=O)o1. The minimum Gasteiger partial charge on any atom is -0.460 e. The highest BCUT2D eigenvalue weighted by molar-refractivity contribution is 5.85. The minimum absolute atomic E-state index is 0.131. The van der Waals surface area contributed by atoms with Gasteiger partial charge in [0.15, 0.2) is 0 Å². The average Bonchev–Trinajstić information content (AvgIpc) is 3.19. The molecule has 4 aromatic rings. The van der Waals surface area contributed by atoms with Gasteiger partial charge in [-0.2, -0.15) is 0 Å². The maximum atomic E-state index is 13.1. The van der Waals surface area contributed by atoms with Gasteiger partial charge in [0.05, 0.1) is 12.8 Å². The predicted octanol–water partition coefficient (Wildman–Crippen LogP) is 4.46. The molecule has 0 spiro atoms. The number of esters is 1. The number of benzene rings is 3. The van der Waals surface area contributed by atoms with Crippen molar-refractivity contribution in [2.75, 3.05) is 6.61 Å². The van der Waals surface area contributed by atoms with E-state index in [0.29, 0.717) is 0 Å². The molecule has 1 aromatic heterocycles. The van der Waals surface area contributed by atoms with E-state index in [1.165, 1.54) is 10.8 Å². The van der Waals surface area contributed by atoms with Crippen LogP contribution >= 0.6 is 0 Å². The van der Waals surface area contributed by atoms with E-state index in [-0.39, 0.29) is 12.4 Å². The Kier molecular flexibility index (Phi) is 5.35. The Bertz CT molecular complexity index is 1080. The monoisotopic (exact) mass is 399 g/mol. The average molecular weight is 399 g/mol. The van der Waals surface area contributed by atoms with E-state index in [1.807, 2.05) is 91.0 Å². The van der Waals surface area contributed by atoms with Crippen molar-refractivity contribution in [1.29, 1.82) is 0 Å². The van der Waals surface area contributed by atoms with Crippen LogP contribution in [0.15, 0.2) is 106 Å². The van der Waals surface area contributed by atoms with Gasteiger partial charge in [0.1, 0.15) is 5.54 Å². The summed E-state index contributed by atoms with van der Waals surface area (Å²) in [4.78, 5) is 25.4. The zero-order valence-electron chi connectivity index (χ0n) is 16.5. The maximum absolute atomic E-state index is 13.1. The summed E-state index contributed by atoms with van der Waals surface area (Å²) in [5.74, 6) is -1.44. The number of oxazole rings is 1. The number of hydrogen-bond donors (Lipinski definition) is 0. The van der Waals surface area contributed by atoms with Gasteiger partial charge in [-0.15, -0.1) is 0 Å². The molecular weight excluding hydrogens is 378 g/mol. The molecular formula is C25H21NO4. The highest BCUT2D eigenvalue weighted by Crippen LogP contribution is 2.40. The molecule has 1 heterocycles. The summed E-state index contributed by atoms with van der Waals surface area (Å²) in [5.41, 5.74) is 1.55. The molecule has 0 aliphatic carbocycles. The number of carbonyl (C=O) groups excluding carboxylic acids is 1. The van der Waals surface area contributed by atoms with Crippen LogP contribution < -0.4 is 5.76 Å². The molecule has 0 atom stereocenters. The van der Waals surface area contributed by atoms with Gasteiger partial charge in [-0.25, -0.2) is 9.59 Å². The van der Waals surface area contributed by atoms with Crippen molar-refractivity contribution >= 4 is 5.97 Å². The van der Waals surface area contributed by atoms with Gasteiger partial charge in [0.2, 0.25) is 5.76 Å². The fourth-order valence-corrected chi connectivity index (χ4v) is 3.83. The summed E-state index contributed by atoms with van der Waals surface area (Å²) in [6, 6.07) is 29.1. The van der Waals surface area contributed by atoms with Crippen molar-refractivity contribution in [1.82, 2.24) is 4.57 Å². The van der Waals surface area contributed by atoms with Gasteiger partial charge < -0.3 is 9.15 Å². The van der Waals surface area contributed by atoms with Crippen LogP contribution in [0.2, 0.25) is 0 Å². The highest BCUT2D eigenvalue weighted by atomic mass is 16.5. The number of aromatic nitrogens is 1. The fraction of sp³-hybridized carbons (Fsp3) is 0.120. The van der Waals surface area contributed by atoms with Gasteiger partial charge >= 0.3 is 11.7 Å². The first-order chi connectivity index (χ1) is 14.7. The molecule has 4 rings (SSSR count). The van der Waals surface area contributed by atoms with E-state index in [0.717, 1.165) is 16.7 Å². The molecule has 5 nitrogen and oxygen atoms in total. The van der Waals surface area contributed by atoms with Gasteiger partial charge in [0.25, 0.3) is 0 Å². The smallest absolute Gasteiger partial charge is 0.421 e. The molecule has 0 unspecified atom stereocenters. The van der Waals surface area contributed by atoms with Crippen molar-refractivity contribution in [2.45, 2.75) is 12.5 Å². The topological polar surface area (TPSA) is 61.4 Å². The second-order valence-electron chi connectivity index (χ2n) is 6.76. The molecule has 0 radical (unpaired) electrons. The Hall–Kier alpha value is -3.86. The summed E-state index contributed by atoms with van der Waals surface area (Å²) in [5, 5.41) is 0. The molecule has 0 N–H and O–H groups in total. The van der Waals surface area contributed by atoms with E-state index >= 15 is 0 Å². The Balaban J connectivity index is 2.09. The van der Waals surface area contributed by atoms with Crippen molar-refractivity contribution in [3.8, 4) is 0 Å². The lowest BCUT2D eigenvalue weighted by Gasteiger charge is -2.36. The molecule has 0 saturated carbocycles. The minimum atomic E-state index is -1.03. The van der Waals surface area contributed by atoms with Gasteiger partial charge in [-0.1, -0.05) is 91.0 Å². The molecule has 0 bridgehead atoms. The van der Waals surface area contributed by atoms with Gasteiger partial charge in [0, 0.05) is 0 Å². The highest BCUT2D eigenvalue weighted by Gasteiger charge is 2.41. The molecule has 0 fully saturated rings. The standard InChI is InChI=1S/C25H21NO4/c1-2-29-23(27)22-18-26(24(28)30-22)25(19-12-6-3-7-13-19,20-14-8-4-9-15-20)21-16-10-5-11-17-21/h3-18H,2H2,1H3. The first-order valence-electron chi connectivity index (χ1n) is 9.74. The number of hydrogen-bond acceptors (Lipinski definition) is 4. The molecule has 3 aromatic carbocycles. The van der Waals surface area contributed by atoms with Crippen LogP contribution in [-0.2, 0) is 10.3 Å². The van der Waals surface area contributed by atoms with Crippen molar-refractivity contribution < 1.29 is 13.9 Å². The van der Waals surface area contributed by atoms with Crippen LogP contribution in [0.4, 0.5) is 0 Å². The van der Waals surface area contributed by atoms with Gasteiger partial charge in [-0.3, -0.25) is 4.57 Å². The van der Waals surface area contributed by atoms with Crippen LogP contribution in [0.1, 0.15) is 34.2 Å². The fourth-order valence-electron chi connectivity index (χ4n) is 3.83. The molecule has 150 valence electrons. The second-order valence-corrected chi connectivity index (χ2v) is 6.76. The lowest BCUT2D eigenvalue weighted by Crippen LogP contribution is -2.42. The normalized spacial score (nSPS) is 11.2. The summed E-state index contributed by atoms with van der Waals surface area (Å²) in [7, 11) is 0. The number of ether oxygens (including phenoxy) is 1. The number of carbonyl (C=O) groups is 1. The third kappa shape index (κ3) is 3.24. The molecule has 0 aliphatic rings. The Morgan fingerprint density at radius 2 is 1.27 bits per heavy atom. The second kappa shape index (κ2) is 8.25. The Morgan fingerprint density at radius 1 is 0.833 bits per heavy atom. The summed E-state index contributed by atoms with van der Waals surface area (Å²) >= 11 is 0. The quantitative estimate of drug-likeness (QED) is 0.355. The van der Waals surface area contributed by atoms with E-state index < -0.39 is 17.3 Å². The summed E-state index contributed by atoms with van der Waals surface area (Å²) < 4.78 is 11.8. The van der Waals surface area contributed by atoms with Crippen molar-refractivity contribution in [3.05, 3.63) is 130 Å². The first-order valence-corrected chi connectivity index (χ1v) is 9.74. The van der Waals surface area contributed by atoms with Crippen molar-refractivity contribution in [3.63, 3.8) is 0 Å². The lowest BCUT2D eigenvalue weighted by molar-refractivity contribution is 0.0488. The summed E-state index contributed by atoms with van der Waals surface area (Å²) in [6.07, 6.45) is 1.44. The third-order valence-electron chi connectivity index (χ3n) is 5.05. The van der Waals surface area contributed by atoms with Crippen LogP contribution in [0.25, 0.3) is 0 Å². The number of rotatable bonds is 6. The van der Waals surface area contributed by atoms with Gasteiger partial charge in [-0.05, 0) is 23.6 Å². The predicted molar refractivity (Wildman–Crippen MR) is 114 cm³/mol. The van der Waals surface area contributed by atoms with Crippen LogP contribution in [0.3, 0.4) is 0 Å². The third-order valence-corrected chi connectivity index (χ3v) is 5.05. The zero-order chi connectivity index (χ0) is 21.0. The largest absolute Gasteiger partial charge is 0.460 e. The first kappa shape index (κ1) is 19.5. The number of nitrogens with zero attached hydrogens (tertiary/aromatic N) is 1. The van der Waals surface area contributed by atoms with Crippen LogP contribution in [0, 0.1) is 0 Å². The molecule has 0 saturated heterocycles. The Labute approximate surface area is 174 Å².